The molecule has 1 aliphatic heterocycles. The lowest BCUT2D eigenvalue weighted by atomic mass is 10.1. The highest BCUT2D eigenvalue weighted by Crippen LogP contribution is 2.20. The highest BCUT2D eigenvalue weighted by molar-refractivity contribution is 5.98. The Morgan fingerprint density at radius 1 is 1.44 bits per heavy atom. The molecule has 0 aromatic heterocycles. The summed E-state index contributed by atoms with van der Waals surface area (Å²) in [5.74, 6) is -1.31. The zero-order valence-corrected chi connectivity index (χ0v) is 10.2. The van der Waals surface area contributed by atoms with Crippen molar-refractivity contribution in [3.63, 3.8) is 0 Å². The third-order valence-corrected chi connectivity index (χ3v) is 3.17. The minimum Gasteiger partial charge on any atom is -0.380 e. The van der Waals surface area contributed by atoms with Gasteiger partial charge in [-0.05, 0) is 31.5 Å². The van der Waals surface area contributed by atoms with Gasteiger partial charge in [0.15, 0.2) is 0 Å². The van der Waals surface area contributed by atoms with E-state index in [4.69, 9.17) is 5.73 Å². The number of carbonyl (C=O) groups excluding carboxylic acids is 1. The minimum atomic E-state index is -0.739. The molecule has 0 radical (unpaired) electrons. The molecule has 1 aromatic carbocycles. The van der Waals surface area contributed by atoms with Crippen LogP contribution in [0.2, 0.25) is 0 Å². The first-order chi connectivity index (χ1) is 8.68. The lowest BCUT2D eigenvalue weighted by molar-refractivity contribution is 0.0997. The van der Waals surface area contributed by atoms with Crippen molar-refractivity contribution in [2.75, 3.05) is 18.4 Å². The summed E-state index contributed by atoms with van der Waals surface area (Å²) in [5.41, 5.74) is 5.65. The summed E-state index contributed by atoms with van der Waals surface area (Å²) in [6.07, 6.45) is 3.26. The molecule has 0 spiro atoms. The summed E-state index contributed by atoms with van der Waals surface area (Å²) in [6.45, 7) is 1.82. The second kappa shape index (κ2) is 5.82. The maximum Gasteiger partial charge on any atom is 0.253 e. The van der Waals surface area contributed by atoms with Crippen LogP contribution >= 0.6 is 0 Å². The number of nitrogens with one attached hydrogen (secondary N) is 2. The van der Waals surface area contributed by atoms with Crippen LogP contribution in [0.5, 0.6) is 0 Å². The Bertz CT molecular complexity index is 428. The smallest absolute Gasteiger partial charge is 0.253 e. The van der Waals surface area contributed by atoms with Crippen LogP contribution in [0.1, 0.15) is 29.6 Å². The molecule has 1 aliphatic rings. The Labute approximate surface area is 106 Å². The summed E-state index contributed by atoms with van der Waals surface area (Å²) in [7, 11) is 0. The van der Waals surface area contributed by atoms with E-state index < -0.39 is 11.7 Å². The zero-order valence-electron chi connectivity index (χ0n) is 10.2. The van der Waals surface area contributed by atoms with E-state index in [2.05, 4.69) is 10.6 Å². The molecule has 1 saturated heterocycles. The van der Waals surface area contributed by atoms with Gasteiger partial charge in [-0.15, -0.1) is 0 Å². The molecule has 0 aliphatic carbocycles. The maximum atomic E-state index is 13.6. The fourth-order valence-corrected chi connectivity index (χ4v) is 2.26. The summed E-state index contributed by atoms with van der Waals surface area (Å²) in [4.78, 5) is 11.3. The molecule has 1 unspecified atom stereocenters. The van der Waals surface area contributed by atoms with Crippen molar-refractivity contribution in [1.29, 1.82) is 0 Å². The van der Waals surface area contributed by atoms with E-state index in [-0.39, 0.29) is 11.6 Å². The monoisotopic (exact) mass is 251 g/mol. The average molecular weight is 251 g/mol. The fraction of sp³-hybridized carbons (Fsp3) is 0.462. The molecule has 1 heterocycles. The Balaban J connectivity index is 2.17. The third kappa shape index (κ3) is 2.98. The minimum absolute atomic E-state index is 0.0539. The Kier molecular flexibility index (Phi) is 4.15. The highest BCUT2D eigenvalue weighted by Gasteiger charge is 2.17. The molecule has 1 atom stereocenters. The lowest BCUT2D eigenvalue weighted by Gasteiger charge is -2.19. The zero-order chi connectivity index (χ0) is 13.0. The van der Waals surface area contributed by atoms with Crippen LogP contribution < -0.4 is 16.4 Å². The number of amides is 1. The van der Waals surface area contributed by atoms with Gasteiger partial charge in [0.25, 0.3) is 5.91 Å². The average Bonchev–Trinajstić information content (AvgIpc) is 2.57. The normalized spacial score (nSPS) is 20.2. The largest absolute Gasteiger partial charge is 0.380 e. The van der Waals surface area contributed by atoms with Crippen LogP contribution in [0, 0.1) is 5.82 Å². The molecule has 1 fully saturated rings. The van der Waals surface area contributed by atoms with Gasteiger partial charge in [-0.25, -0.2) is 4.39 Å². The molecule has 4 N–H and O–H groups in total. The SMILES string of the molecule is NC(=O)c1c(F)cccc1NC1CCCCNC1. The highest BCUT2D eigenvalue weighted by atomic mass is 19.1. The number of rotatable bonds is 3. The molecule has 1 amide bonds. The third-order valence-electron chi connectivity index (χ3n) is 3.17. The number of halogens is 1. The van der Waals surface area contributed by atoms with Gasteiger partial charge in [0.05, 0.1) is 11.3 Å². The fourth-order valence-electron chi connectivity index (χ4n) is 2.26. The Morgan fingerprint density at radius 3 is 3.06 bits per heavy atom. The van der Waals surface area contributed by atoms with E-state index in [0.717, 1.165) is 32.4 Å². The first-order valence-electron chi connectivity index (χ1n) is 6.24. The van der Waals surface area contributed by atoms with Gasteiger partial charge >= 0.3 is 0 Å². The molecule has 0 saturated carbocycles. The Morgan fingerprint density at radius 2 is 2.28 bits per heavy atom. The van der Waals surface area contributed by atoms with E-state index in [9.17, 15) is 9.18 Å². The van der Waals surface area contributed by atoms with Gasteiger partial charge in [0.1, 0.15) is 5.82 Å². The van der Waals surface area contributed by atoms with Gasteiger partial charge in [-0.2, -0.15) is 0 Å². The number of primary amides is 1. The number of benzene rings is 1. The predicted molar refractivity (Wildman–Crippen MR) is 69.0 cm³/mol. The summed E-state index contributed by atoms with van der Waals surface area (Å²) in [6, 6.07) is 4.71. The van der Waals surface area contributed by atoms with Crippen molar-refractivity contribution in [2.45, 2.75) is 25.3 Å². The molecule has 5 heteroatoms. The van der Waals surface area contributed by atoms with E-state index in [1.807, 2.05) is 0 Å². The van der Waals surface area contributed by atoms with Crippen LogP contribution in [-0.2, 0) is 0 Å². The second-order valence-corrected chi connectivity index (χ2v) is 4.57. The van der Waals surface area contributed by atoms with Gasteiger partial charge in [0, 0.05) is 12.6 Å². The van der Waals surface area contributed by atoms with Crippen LogP contribution in [0.25, 0.3) is 0 Å². The molecule has 18 heavy (non-hydrogen) atoms. The maximum absolute atomic E-state index is 13.6. The molecule has 1 aromatic rings. The molecule has 4 nitrogen and oxygen atoms in total. The number of hydrogen-bond donors (Lipinski definition) is 3. The summed E-state index contributed by atoms with van der Waals surface area (Å²) in [5, 5.41) is 6.52. The van der Waals surface area contributed by atoms with Crippen molar-refractivity contribution in [3.05, 3.63) is 29.6 Å². The van der Waals surface area contributed by atoms with E-state index >= 15 is 0 Å². The molecule has 98 valence electrons. The van der Waals surface area contributed by atoms with Crippen molar-refractivity contribution < 1.29 is 9.18 Å². The first kappa shape index (κ1) is 12.8. The van der Waals surface area contributed by atoms with Crippen LogP contribution in [0.15, 0.2) is 18.2 Å². The van der Waals surface area contributed by atoms with Crippen molar-refractivity contribution >= 4 is 11.6 Å². The predicted octanol–water partition coefficient (Wildman–Crippen LogP) is 1.48. The van der Waals surface area contributed by atoms with E-state index in [0.29, 0.717) is 5.69 Å². The molecule has 2 rings (SSSR count). The number of hydrogen-bond acceptors (Lipinski definition) is 3. The summed E-state index contributed by atoms with van der Waals surface area (Å²) >= 11 is 0. The summed E-state index contributed by atoms with van der Waals surface area (Å²) < 4.78 is 13.6. The second-order valence-electron chi connectivity index (χ2n) is 4.57. The van der Waals surface area contributed by atoms with Crippen molar-refractivity contribution in [2.24, 2.45) is 5.73 Å². The molecular weight excluding hydrogens is 233 g/mol. The van der Waals surface area contributed by atoms with Gasteiger partial charge in [-0.3, -0.25) is 4.79 Å². The standard InChI is InChI=1S/C13H18FN3O/c14-10-5-3-6-11(12(10)13(15)18)17-9-4-1-2-7-16-8-9/h3,5-6,9,16-17H,1-2,4,7-8H2,(H2,15,18). The number of carbonyl (C=O) groups is 1. The lowest BCUT2D eigenvalue weighted by Crippen LogP contribution is -2.32. The van der Waals surface area contributed by atoms with Gasteiger partial charge in [0.2, 0.25) is 0 Å². The number of nitrogens with two attached hydrogens (primary N) is 1. The Hall–Kier alpha value is -1.62. The van der Waals surface area contributed by atoms with Gasteiger partial charge in [-0.1, -0.05) is 12.5 Å². The quantitative estimate of drug-likeness (QED) is 0.762. The topological polar surface area (TPSA) is 67.2 Å². The number of anilines is 1. The van der Waals surface area contributed by atoms with Crippen molar-refractivity contribution in [3.8, 4) is 0 Å². The molecular formula is C13H18FN3O. The van der Waals surface area contributed by atoms with Crippen LogP contribution in [0.3, 0.4) is 0 Å². The van der Waals surface area contributed by atoms with E-state index in [1.165, 1.54) is 6.07 Å². The molecule has 0 bridgehead atoms. The van der Waals surface area contributed by atoms with Crippen molar-refractivity contribution in [1.82, 2.24) is 5.32 Å². The van der Waals surface area contributed by atoms with Gasteiger partial charge < -0.3 is 16.4 Å². The van der Waals surface area contributed by atoms with Crippen LogP contribution in [-0.4, -0.2) is 25.0 Å². The first-order valence-corrected chi connectivity index (χ1v) is 6.24. The van der Waals surface area contributed by atoms with E-state index in [1.54, 1.807) is 12.1 Å². The van der Waals surface area contributed by atoms with Crippen LogP contribution in [0.4, 0.5) is 10.1 Å².